The van der Waals surface area contributed by atoms with Gasteiger partial charge < -0.3 is 16.2 Å². The van der Waals surface area contributed by atoms with Crippen LogP contribution < -0.4 is 11.1 Å². The fraction of sp³-hybridized carbons (Fsp3) is 0.188. The number of aliphatic hydroxyl groups is 1. The molecule has 0 aliphatic carbocycles. The van der Waals surface area contributed by atoms with Gasteiger partial charge in [-0.1, -0.05) is 30.3 Å². The summed E-state index contributed by atoms with van der Waals surface area (Å²) in [6.07, 6.45) is 1.00. The van der Waals surface area contributed by atoms with Crippen LogP contribution in [-0.2, 0) is 17.8 Å². The molecule has 20 heavy (non-hydrogen) atoms. The van der Waals surface area contributed by atoms with Crippen molar-refractivity contribution in [3.63, 3.8) is 0 Å². The number of rotatable bonds is 5. The standard InChI is InChI=1S/C16H18N2O2/c17-15-4-2-1-3-13(15)7-10-16(20)18-14-8-5-12(11-19)6-9-14/h1-6,8-9,19H,7,10-11,17H2,(H,18,20). The van der Waals surface area contributed by atoms with Gasteiger partial charge >= 0.3 is 0 Å². The molecule has 0 fully saturated rings. The van der Waals surface area contributed by atoms with Crippen molar-refractivity contribution in [3.8, 4) is 0 Å². The maximum absolute atomic E-state index is 11.9. The molecule has 0 spiro atoms. The number of hydrogen-bond donors (Lipinski definition) is 3. The minimum absolute atomic E-state index is 0.00150. The van der Waals surface area contributed by atoms with Crippen molar-refractivity contribution in [2.45, 2.75) is 19.4 Å². The van der Waals surface area contributed by atoms with Gasteiger partial charge in [-0.15, -0.1) is 0 Å². The van der Waals surface area contributed by atoms with E-state index < -0.39 is 0 Å². The normalized spacial score (nSPS) is 10.2. The number of benzene rings is 2. The Balaban J connectivity index is 1.87. The molecule has 0 aliphatic heterocycles. The van der Waals surface area contributed by atoms with Crippen LogP contribution >= 0.6 is 0 Å². The molecular formula is C16H18N2O2. The number of para-hydroxylation sites is 1. The first-order valence-electron chi connectivity index (χ1n) is 6.52. The van der Waals surface area contributed by atoms with Crippen molar-refractivity contribution in [3.05, 3.63) is 59.7 Å². The summed E-state index contributed by atoms with van der Waals surface area (Å²) in [6, 6.07) is 14.7. The summed E-state index contributed by atoms with van der Waals surface area (Å²) in [6.45, 7) is 0.00150. The molecule has 2 aromatic carbocycles. The van der Waals surface area contributed by atoms with Gasteiger partial charge in [-0.05, 0) is 35.7 Å². The smallest absolute Gasteiger partial charge is 0.224 e. The monoisotopic (exact) mass is 270 g/mol. The summed E-state index contributed by atoms with van der Waals surface area (Å²) in [5.41, 5.74) is 9.09. The molecule has 0 aliphatic rings. The minimum atomic E-state index is -0.0509. The summed E-state index contributed by atoms with van der Waals surface area (Å²) in [5, 5.41) is 11.8. The van der Waals surface area contributed by atoms with E-state index in [1.807, 2.05) is 24.3 Å². The van der Waals surface area contributed by atoms with Crippen LogP contribution in [0.2, 0.25) is 0 Å². The van der Waals surface area contributed by atoms with E-state index in [1.165, 1.54) is 0 Å². The molecule has 4 N–H and O–H groups in total. The Labute approximate surface area is 118 Å². The molecule has 0 saturated heterocycles. The Bertz CT molecular complexity index is 579. The van der Waals surface area contributed by atoms with Crippen molar-refractivity contribution < 1.29 is 9.90 Å². The third-order valence-electron chi connectivity index (χ3n) is 3.10. The zero-order valence-corrected chi connectivity index (χ0v) is 11.2. The maximum atomic E-state index is 11.9. The van der Waals surface area contributed by atoms with Crippen LogP contribution in [0.3, 0.4) is 0 Å². The summed E-state index contributed by atoms with van der Waals surface area (Å²) < 4.78 is 0. The molecule has 0 atom stereocenters. The van der Waals surface area contributed by atoms with Gasteiger partial charge in [0, 0.05) is 17.8 Å². The van der Waals surface area contributed by atoms with Gasteiger partial charge in [0.25, 0.3) is 0 Å². The largest absolute Gasteiger partial charge is 0.399 e. The Morgan fingerprint density at radius 1 is 1.10 bits per heavy atom. The average Bonchev–Trinajstić information content (AvgIpc) is 2.47. The number of nitrogens with one attached hydrogen (secondary N) is 1. The lowest BCUT2D eigenvalue weighted by atomic mass is 10.1. The summed E-state index contributed by atoms with van der Waals surface area (Å²) in [7, 11) is 0. The van der Waals surface area contributed by atoms with E-state index in [0.717, 1.165) is 16.8 Å². The number of carbonyl (C=O) groups excluding carboxylic acids is 1. The van der Waals surface area contributed by atoms with Gasteiger partial charge in [0.2, 0.25) is 5.91 Å². The first-order valence-corrected chi connectivity index (χ1v) is 6.52. The van der Waals surface area contributed by atoms with E-state index in [-0.39, 0.29) is 12.5 Å². The van der Waals surface area contributed by atoms with Crippen molar-refractivity contribution in [2.75, 3.05) is 11.1 Å². The lowest BCUT2D eigenvalue weighted by Gasteiger charge is -2.07. The number of amides is 1. The maximum Gasteiger partial charge on any atom is 0.224 e. The van der Waals surface area contributed by atoms with Crippen LogP contribution in [0.4, 0.5) is 11.4 Å². The fourth-order valence-corrected chi connectivity index (χ4v) is 1.93. The van der Waals surface area contributed by atoms with Gasteiger partial charge in [-0.25, -0.2) is 0 Å². The summed E-state index contributed by atoms with van der Waals surface area (Å²) >= 11 is 0. The Morgan fingerprint density at radius 3 is 2.45 bits per heavy atom. The van der Waals surface area contributed by atoms with E-state index >= 15 is 0 Å². The molecule has 0 saturated carbocycles. The van der Waals surface area contributed by atoms with Crippen molar-refractivity contribution in [1.29, 1.82) is 0 Å². The predicted molar refractivity (Wildman–Crippen MR) is 80.2 cm³/mol. The van der Waals surface area contributed by atoms with Crippen LogP contribution in [0.15, 0.2) is 48.5 Å². The van der Waals surface area contributed by atoms with Crippen LogP contribution in [0.1, 0.15) is 17.5 Å². The van der Waals surface area contributed by atoms with E-state index in [4.69, 9.17) is 10.8 Å². The Hall–Kier alpha value is -2.33. The lowest BCUT2D eigenvalue weighted by Crippen LogP contribution is -2.12. The van der Waals surface area contributed by atoms with E-state index in [1.54, 1.807) is 24.3 Å². The molecule has 1 amide bonds. The molecule has 2 aromatic rings. The van der Waals surface area contributed by atoms with E-state index in [2.05, 4.69) is 5.32 Å². The van der Waals surface area contributed by atoms with Crippen molar-refractivity contribution >= 4 is 17.3 Å². The van der Waals surface area contributed by atoms with Gasteiger partial charge in [0.1, 0.15) is 0 Å². The highest BCUT2D eigenvalue weighted by Crippen LogP contribution is 2.14. The highest BCUT2D eigenvalue weighted by Gasteiger charge is 2.05. The third-order valence-corrected chi connectivity index (χ3v) is 3.10. The molecular weight excluding hydrogens is 252 g/mol. The number of aryl methyl sites for hydroxylation is 1. The van der Waals surface area contributed by atoms with Crippen LogP contribution in [0.25, 0.3) is 0 Å². The zero-order chi connectivity index (χ0) is 14.4. The second-order valence-electron chi connectivity index (χ2n) is 4.60. The van der Waals surface area contributed by atoms with E-state index in [9.17, 15) is 4.79 Å². The molecule has 4 heteroatoms. The number of carbonyl (C=O) groups is 1. The number of aliphatic hydroxyl groups excluding tert-OH is 1. The second kappa shape index (κ2) is 6.73. The molecule has 104 valence electrons. The number of nitrogen functional groups attached to an aromatic ring is 1. The van der Waals surface area contributed by atoms with Gasteiger partial charge in [-0.3, -0.25) is 4.79 Å². The highest BCUT2D eigenvalue weighted by molar-refractivity contribution is 5.90. The van der Waals surface area contributed by atoms with Gasteiger partial charge in [0.15, 0.2) is 0 Å². The van der Waals surface area contributed by atoms with Crippen molar-refractivity contribution in [1.82, 2.24) is 0 Å². The molecule has 4 nitrogen and oxygen atoms in total. The SMILES string of the molecule is Nc1ccccc1CCC(=O)Nc1ccc(CO)cc1. The quantitative estimate of drug-likeness (QED) is 0.730. The van der Waals surface area contributed by atoms with E-state index in [0.29, 0.717) is 18.5 Å². The first kappa shape index (κ1) is 14.1. The molecule has 0 radical (unpaired) electrons. The topological polar surface area (TPSA) is 75.4 Å². The highest BCUT2D eigenvalue weighted by atomic mass is 16.3. The number of hydrogen-bond acceptors (Lipinski definition) is 3. The lowest BCUT2D eigenvalue weighted by molar-refractivity contribution is -0.116. The van der Waals surface area contributed by atoms with Crippen LogP contribution in [0, 0.1) is 0 Å². The molecule has 0 bridgehead atoms. The fourth-order valence-electron chi connectivity index (χ4n) is 1.93. The van der Waals surface area contributed by atoms with Crippen LogP contribution in [-0.4, -0.2) is 11.0 Å². The predicted octanol–water partition coefficient (Wildman–Crippen LogP) is 2.33. The zero-order valence-electron chi connectivity index (χ0n) is 11.2. The summed E-state index contributed by atoms with van der Waals surface area (Å²) in [5.74, 6) is -0.0509. The minimum Gasteiger partial charge on any atom is -0.399 e. The van der Waals surface area contributed by atoms with Crippen molar-refractivity contribution in [2.24, 2.45) is 0 Å². The molecule has 0 aromatic heterocycles. The number of nitrogens with two attached hydrogens (primary N) is 1. The molecule has 0 heterocycles. The Kier molecular flexibility index (Phi) is 4.74. The molecule has 2 rings (SSSR count). The molecule has 0 unspecified atom stereocenters. The van der Waals surface area contributed by atoms with Crippen LogP contribution in [0.5, 0.6) is 0 Å². The third kappa shape index (κ3) is 3.83. The second-order valence-corrected chi connectivity index (χ2v) is 4.60. The Morgan fingerprint density at radius 2 is 1.80 bits per heavy atom. The van der Waals surface area contributed by atoms with Gasteiger partial charge in [0.05, 0.1) is 6.61 Å². The number of anilines is 2. The average molecular weight is 270 g/mol. The summed E-state index contributed by atoms with van der Waals surface area (Å²) in [4.78, 5) is 11.9. The first-order chi connectivity index (χ1) is 9.69. The van der Waals surface area contributed by atoms with Gasteiger partial charge in [-0.2, -0.15) is 0 Å².